The molecule has 3 nitrogen and oxygen atoms in total. The van der Waals surface area contributed by atoms with Gasteiger partial charge in [-0.2, -0.15) is 0 Å². The van der Waals surface area contributed by atoms with Gasteiger partial charge in [0.2, 0.25) is 5.91 Å². The minimum absolute atomic E-state index is 0.0599. The Labute approximate surface area is 129 Å². The second kappa shape index (κ2) is 6.18. The lowest BCUT2D eigenvalue weighted by atomic mass is 10.0. The van der Waals surface area contributed by atoms with E-state index in [4.69, 9.17) is 0 Å². The van der Waals surface area contributed by atoms with Crippen LogP contribution in [0.3, 0.4) is 0 Å². The molecule has 0 N–H and O–H groups in total. The molecule has 0 saturated carbocycles. The highest BCUT2D eigenvalue weighted by Crippen LogP contribution is 2.27. The highest BCUT2D eigenvalue weighted by molar-refractivity contribution is 9.11. The molecule has 102 valence electrons. The molecule has 0 spiro atoms. The molecule has 1 unspecified atom stereocenters. The van der Waals surface area contributed by atoms with Gasteiger partial charge in [-0.05, 0) is 46.5 Å². The van der Waals surface area contributed by atoms with Gasteiger partial charge >= 0.3 is 0 Å². The van der Waals surface area contributed by atoms with E-state index in [0.29, 0.717) is 28.9 Å². The Morgan fingerprint density at radius 2 is 2.16 bits per heavy atom. The van der Waals surface area contributed by atoms with E-state index in [9.17, 15) is 9.59 Å². The van der Waals surface area contributed by atoms with Crippen molar-refractivity contribution in [3.63, 3.8) is 0 Å². The van der Waals surface area contributed by atoms with Crippen molar-refractivity contribution >= 4 is 43.7 Å². The quantitative estimate of drug-likeness (QED) is 0.734. The van der Waals surface area contributed by atoms with Crippen LogP contribution in [0.1, 0.15) is 36.5 Å². The molecule has 1 atom stereocenters. The van der Waals surface area contributed by atoms with Crippen molar-refractivity contribution in [2.24, 2.45) is 5.92 Å². The highest BCUT2D eigenvalue weighted by Gasteiger charge is 2.34. The van der Waals surface area contributed by atoms with Crippen LogP contribution in [-0.2, 0) is 4.79 Å². The number of hydrogen-bond donors (Lipinski definition) is 0. The number of benzene rings is 1. The second-order valence-electron chi connectivity index (χ2n) is 4.79. The molecule has 5 heteroatoms. The van der Waals surface area contributed by atoms with Crippen molar-refractivity contribution in [2.45, 2.75) is 26.2 Å². The lowest BCUT2D eigenvalue weighted by Crippen LogP contribution is -2.32. The normalized spacial score (nSPS) is 19.0. The van der Waals surface area contributed by atoms with Crippen LogP contribution in [0, 0.1) is 5.92 Å². The van der Waals surface area contributed by atoms with Crippen LogP contribution in [0.4, 0.5) is 0 Å². The van der Waals surface area contributed by atoms with Gasteiger partial charge < -0.3 is 0 Å². The predicted molar refractivity (Wildman–Crippen MR) is 80.9 cm³/mol. The minimum atomic E-state index is -0.211. The maximum absolute atomic E-state index is 12.4. The zero-order valence-corrected chi connectivity index (χ0v) is 13.8. The summed E-state index contributed by atoms with van der Waals surface area (Å²) >= 11 is 6.71. The molecular formula is C14H15Br2NO2. The van der Waals surface area contributed by atoms with Gasteiger partial charge in [0, 0.05) is 21.9 Å². The molecule has 2 rings (SSSR count). The third-order valence-corrected chi connectivity index (χ3v) is 4.49. The highest BCUT2D eigenvalue weighted by atomic mass is 79.9. The first-order chi connectivity index (χ1) is 9.02. The monoisotopic (exact) mass is 387 g/mol. The fourth-order valence-electron chi connectivity index (χ4n) is 2.39. The first-order valence-electron chi connectivity index (χ1n) is 6.32. The molecule has 1 fully saturated rings. The van der Waals surface area contributed by atoms with Gasteiger partial charge in [-0.1, -0.05) is 29.3 Å². The van der Waals surface area contributed by atoms with Crippen molar-refractivity contribution in [3.05, 3.63) is 32.7 Å². The SMILES string of the molecule is CCCC1CC(=O)N(C(=O)c2cc(Br)ccc2Br)C1. The van der Waals surface area contributed by atoms with Crippen LogP contribution >= 0.6 is 31.9 Å². The van der Waals surface area contributed by atoms with Crippen LogP contribution < -0.4 is 0 Å². The Balaban J connectivity index is 2.20. The molecule has 0 aromatic heterocycles. The number of rotatable bonds is 3. The van der Waals surface area contributed by atoms with Crippen LogP contribution in [0.5, 0.6) is 0 Å². The topological polar surface area (TPSA) is 37.4 Å². The van der Waals surface area contributed by atoms with Crippen LogP contribution in [0.25, 0.3) is 0 Å². The maximum atomic E-state index is 12.4. The number of nitrogens with zero attached hydrogens (tertiary/aromatic N) is 1. The number of imide groups is 1. The molecule has 1 aliphatic heterocycles. The van der Waals surface area contributed by atoms with E-state index in [1.807, 2.05) is 6.07 Å². The Hall–Kier alpha value is -0.680. The third kappa shape index (κ3) is 3.26. The maximum Gasteiger partial charge on any atom is 0.261 e. The molecule has 1 aromatic carbocycles. The lowest BCUT2D eigenvalue weighted by Gasteiger charge is -2.16. The van der Waals surface area contributed by atoms with E-state index in [1.165, 1.54) is 4.90 Å². The molecular weight excluding hydrogens is 374 g/mol. The summed E-state index contributed by atoms with van der Waals surface area (Å²) in [7, 11) is 0. The summed E-state index contributed by atoms with van der Waals surface area (Å²) in [4.78, 5) is 25.8. The number of carbonyl (C=O) groups is 2. The molecule has 1 aromatic rings. The van der Waals surface area contributed by atoms with Crippen molar-refractivity contribution in [1.82, 2.24) is 4.90 Å². The summed E-state index contributed by atoms with van der Waals surface area (Å²) in [5, 5.41) is 0. The number of hydrogen-bond acceptors (Lipinski definition) is 2. The van der Waals surface area contributed by atoms with Crippen molar-refractivity contribution in [3.8, 4) is 0 Å². The fraction of sp³-hybridized carbons (Fsp3) is 0.429. The molecule has 1 saturated heterocycles. The second-order valence-corrected chi connectivity index (χ2v) is 6.56. The zero-order chi connectivity index (χ0) is 14.0. The summed E-state index contributed by atoms with van der Waals surface area (Å²) in [6.07, 6.45) is 2.53. The zero-order valence-electron chi connectivity index (χ0n) is 10.7. The van der Waals surface area contributed by atoms with E-state index in [1.54, 1.807) is 12.1 Å². The number of halogens is 2. The van der Waals surface area contributed by atoms with Crippen LogP contribution in [0.2, 0.25) is 0 Å². The van der Waals surface area contributed by atoms with Gasteiger partial charge in [0.1, 0.15) is 0 Å². The molecule has 0 radical (unpaired) electrons. The number of carbonyl (C=O) groups excluding carboxylic acids is 2. The van der Waals surface area contributed by atoms with Gasteiger partial charge in [0.15, 0.2) is 0 Å². The van der Waals surface area contributed by atoms with E-state index in [-0.39, 0.29) is 11.8 Å². The van der Waals surface area contributed by atoms with E-state index >= 15 is 0 Å². The Bertz CT molecular complexity index is 516. The smallest absolute Gasteiger partial charge is 0.261 e. The molecule has 19 heavy (non-hydrogen) atoms. The van der Waals surface area contributed by atoms with E-state index in [0.717, 1.165) is 17.3 Å². The molecule has 0 aliphatic carbocycles. The van der Waals surface area contributed by atoms with Gasteiger partial charge in [0.25, 0.3) is 5.91 Å². The summed E-state index contributed by atoms with van der Waals surface area (Å²) in [6.45, 7) is 2.64. The standard InChI is InChI=1S/C14H15Br2NO2/c1-2-3-9-6-13(18)17(8-9)14(19)11-7-10(15)4-5-12(11)16/h4-5,7,9H,2-3,6,8H2,1H3. The fourth-order valence-corrected chi connectivity index (χ4v) is 3.16. The van der Waals surface area contributed by atoms with Crippen molar-refractivity contribution < 1.29 is 9.59 Å². The first-order valence-corrected chi connectivity index (χ1v) is 7.91. The molecule has 1 heterocycles. The minimum Gasteiger partial charge on any atom is -0.278 e. The van der Waals surface area contributed by atoms with Gasteiger partial charge in [-0.25, -0.2) is 0 Å². The van der Waals surface area contributed by atoms with E-state index < -0.39 is 0 Å². The average molecular weight is 389 g/mol. The van der Waals surface area contributed by atoms with Gasteiger partial charge in [-0.15, -0.1) is 0 Å². The first kappa shape index (κ1) is 14.7. The Morgan fingerprint density at radius 1 is 1.42 bits per heavy atom. The summed E-state index contributed by atoms with van der Waals surface area (Å²) in [6, 6.07) is 5.40. The van der Waals surface area contributed by atoms with Crippen molar-refractivity contribution in [1.29, 1.82) is 0 Å². The van der Waals surface area contributed by atoms with Gasteiger partial charge in [-0.3, -0.25) is 14.5 Å². The molecule has 1 aliphatic rings. The predicted octanol–water partition coefficient (Wildman–Crippen LogP) is 4.00. The lowest BCUT2D eigenvalue weighted by molar-refractivity contribution is -0.125. The largest absolute Gasteiger partial charge is 0.278 e. The summed E-state index contributed by atoms with van der Waals surface area (Å²) in [5.41, 5.74) is 0.528. The number of likely N-dealkylation sites (tertiary alicyclic amines) is 1. The van der Waals surface area contributed by atoms with Crippen LogP contribution in [0.15, 0.2) is 27.1 Å². The van der Waals surface area contributed by atoms with E-state index in [2.05, 4.69) is 38.8 Å². The third-order valence-electron chi connectivity index (χ3n) is 3.31. The van der Waals surface area contributed by atoms with Crippen LogP contribution in [-0.4, -0.2) is 23.3 Å². The average Bonchev–Trinajstić information content (AvgIpc) is 2.73. The molecule has 2 amide bonds. The van der Waals surface area contributed by atoms with Crippen molar-refractivity contribution in [2.75, 3.05) is 6.54 Å². The Kier molecular flexibility index (Phi) is 4.79. The summed E-state index contributed by atoms with van der Waals surface area (Å²) < 4.78 is 1.54. The summed E-state index contributed by atoms with van der Waals surface area (Å²) in [5.74, 6) is 0.0412. The Morgan fingerprint density at radius 3 is 2.84 bits per heavy atom. The van der Waals surface area contributed by atoms with Gasteiger partial charge in [0.05, 0.1) is 5.56 Å². The molecule has 0 bridgehead atoms. The number of amides is 2.